The Labute approximate surface area is 102 Å². The molecule has 0 bridgehead atoms. The molecule has 2 N–H and O–H groups in total. The molecule has 0 aliphatic heterocycles. The third-order valence-electron chi connectivity index (χ3n) is 3.12. The maximum atomic E-state index is 11.8. The van der Waals surface area contributed by atoms with Crippen LogP contribution in [0.2, 0.25) is 0 Å². The van der Waals surface area contributed by atoms with Crippen LogP contribution >= 0.6 is 0 Å². The number of benzene rings is 1. The van der Waals surface area contributed by atoms with E-state index in [0.717, 1.165) is 11.1 Å². The van der Waals surface area contributed by atoms with Crippen molar-refractivity contribution in [2.75, 3.05) is 0 Å². The minimum atomic E-state index is -3.37. The van der Waals surface area contributed by atoms with Gasteiger partial charge in [0.05, 0.1) is 17.4 Å². The summed E-state index contributed by atoms with van der Waals surface area (Å²) in [7, 11) is -3.37. The first-order chi connectivity index (χ1) is 7.92. The zero-order valence-electron chi connectivity index (χ0n) is 9.92. The monoisotopic (exact) mass is 255 g/mol. The highest BCUT2D eigenvalue weighted by Crippen LogP contribution is 2.31. The molecule has 2 unspecified atom stereocenters. The summed E-state index contributed by atoms with van der Waals surface area (Å²) in [5.41, 5.74) is 1.89. The number of rotatable bonds is 3. The van der Waals surface area contributed by atoms with Crippen LogP contribution < -0.4 is 4.72 Å². The van der Waals surface area contributed by atoms with Gasteiger partial charge >= 0.3 is 0 Å². The first kappa shape index (κ1) is 12.5. The highest BCUT2D eigenvalue weighted by molar-refractivity contribution is 7.90. The molecule has 0 radical (unpaired) electrons. The van der Waals surface area contributed by atoms with Crippen LogP contribution in [0.5, 0.6) is 0 Å². The third kappa shape index (κ3) is 2.36. The van der Waals surface area contributed by atoms with Crippen LogP contribution in [0.4, 0.5) is 0 Å². The quantitative estimate of drug-likeness (QED) is 0.846. The van der Waals surface area contributed by atoms with Gasteiger partial charge in [-0.25, -0.2) is 13.1 Å². The summed E-state index contributed by atoms with van der Waals surface area (Å²) in [6, 6.07) is 7.01. The molecule has 2 rings (SSSR count). The van der Waals surface area contributed by atoms with Gasteiger partial charge in [0.15, 0.2) is 0 Å². The fraction of sp³-hybridized carbons (Fsp3) is 0.500. The Morgan fingerprint density at radius 2 is 2.00 bits per heavy atom. The number of fused-ring (bicyclic) bond motifs is 1. The second kappa shape index (κ2) is 4.40. The van der Waals surface area contributed by atoms with Crippen molar-refractivity contribution >= 4 is 10.0 Å². The summed E-state index contributed by atoms with van der Waals surface area (Å²) >= 11 is 0. The normalized spacial score (nSPS) is 24.0. The molecule has 17 heavy (non-hydrogen) atoms. The van der Waals surface area contributed by atoms with Crippen molar-refractivity contribution in [1.29, 1.82) is 0 Å². The summed E-state index contributed by atoms with van der Waals surface area (Å²) in [5, 5.41) is 9.43. The van der Waals surface area contributed by atoms with E-state index in [1.807, 2.05) is 24.3 Å². The molecular formula is C12H17NO3S. The molecule has 2 atom stereocenters. The van der Waals surface area contributed by atoms with Crippen molar-refractivity contribution in [1.82, 2.24) is 4.72 Å². The van der Waals surface area contributed by atoms with E-state index in [9.17, 15) is 13.5 Å². The fourth-order valence-corrected chi connectivity index (χ4v) is 2.94. The van der Waals surface area contributed by atoms with Gasteiger partial charge < -0.3 is 5.11 Å². The molecule has 0 aromatic heterocycles. The largest absolute Gasteiger partial charge is 0.391 e. The van der Waals surface area contributed by atoms with Crippen LogP contribution in [0.25, 0.3) is 0 Å². The molecule has 0 spiro atoms. The maximum absolute atomic E-state index is 11.8. The molecule has 0 fully saturated rings. The Bertz CT molecular complexity index is 510. The summed E-state index contributed by atoms with van der Waals surface area (Å²) in [6.45, 7) is 3.24. The van der Waals surface area contributed by atoms with Crippen LogP contribution in [0.15, 0.2) is 24.3 Å². The second-order valence-electron chi connectivity index (χ2n) is 4.66. The Kier molecular flexibility index (Phi) is 3.25. The van der Waals surface area contributed by atoms with Crippen LogP contribution in [0.1, 0.15) is 31.0 Å². The van der Waals surface area contributed by atoms with Crippen molar-refractivity contribution in [3.05, 3.63) is 35.4 Å². The minimum Gasteiger partial charge on any atom is -0.391 e. The number of aliphatic hydroxyl groups excluding tert-OH is 1. The van der Waals surface area contributed by atoms with Gasteiger partial charge in [0, 0.05) is 6.42 Å². The average Bonchev–Trinajstić information content (AvgIpc) is 2.55. The Morgan fingerprint density at radius 3 is 2.65 bits per heavy atom. The van der Waals surface area contributed by atoms with Gasteiger partial charge in [0.25, 0.3) is 0 Å². The van der Waals surface area contributed by atoms with Crippen molar-refractivity contribution in [2.45, 2.75) is 37.7 Å². The number of hydrogen-bond acceptors (Lipinski definition) is 3. The summed E-state index contributed by atoms with van der Waals surface area (Å²) in [6.07, 6.45) is -0.178. The number of aliphatic hydroxyl groups is 1. The summed E-state index contributed by atoms with van der Waals surface area (Å²) in [5.74, 6) is 0. The molecule has 1 aromatic rings. The van der Waals surface area contributed by atoms with E-state index in [1.165, 1.54) is 0 Å². The van der Waals surface area contributed by atoms with E-state index >= 15 is 0 Å². The molecule has 0 saturated heterocycles. The van der Waals surface area contributed by atoms with E-state index < -0.39 is 27.4 Å². The summed E-state index contributed by atoms with van der Waals surface area (Å²) in [4.78, 5) is 0. The number of sulfonamides is 1. The van der Waals surface area contributed by atoms with Crippen LogP contribution in [-0.2, 0) is 16.4 Å². The topological polar surface area (TPSA) is 66.4 Å². The molecule has 1 aromatic carbocycles. The Hall–Kier alpha value is -0.910. The predicted octanol–water partition coefficient (Wildman–Crippen LogP) is 0.973. The van der Waals surface area contributed by atoms with E-state index in [4.69, 9.17) is 0 Å². The molecule has 1 aliphatic rings. The van der Waals surface area contributed by atoms with Crippen LogP contribution in [0, 0.1) is 0 Å². The zero-order valence-corrected chi connectivity index (χ0v) is 10.7. The van der Waals surface area contributed by atoms with Gasteiger partial charge in [-0.05, 0) is 25.0 Å². The Balaban J connectivity index is 2.29. The van der Waals surface area contributed by atoms with E-state index in [0.29, 0.717) is 6.42 Å². The molecular weight excluding hydrogens is 238 g/mol. The third-order valence-corrected chi connectivity index (χ3v) is 4.94. The lowest BCUT2D eigenvalue weighted by atomic mass is 10.1. The Morgan fingerprint density at radius 1 is 1.35 bits per heavy atom. The van der Waals surface area contributed by atoms with Crippen molar-refractivity contribution < 1.29 is 13.5 Å². The predicted molar refractivity (Wildman–Crippen MR) is 66.1 cm³/mol. The number of hydrogen-bond donors (Lipinski definition) is 2. The smallest absolute Gasteiger partial charge is 0.214 e. The van der Waals surface area contributed by atoms with E-state index in [1.54, 1.807) is 13.8 Å². The highest BCUT2D eigenvalue weighted by Gasteiger charge is 2.34. The van der Waals surface area contributed by atoms with E-state index in [-0.39, 0.29) is 0 Å². The molecule has 94 valence electrons. The van der Waals surface area contributed by atoms with Crippen molar-refractivity contribution in [3.8, 4) is 0 Å². The van der Waals surface area contributed by atoms with Gasteiger partial charge in [0.1, 0.15) is 0 Å². The van der Waals surface area contributed by atoms with Gasteiger partial charge in [-0.15, -0.1) is 0 Å². The van der Waals surface area contributed by atoms with E-state index in [2.05, 4.69) is 4.72 Å². The molecule has 0 saturated carbocycles. The molecule has 1 aliphatic carbocycles. The molecule has 0 heterocycles. The highest BCUT2D eigenvalue weighted by atomic mass is 32.2. The lowest BCUT2D eigenvalue weighted by Gasteiger charge is -2.19. The second-order valence-corrected chi connectivity index (χ2v) is 6.93. The average molecular weight is 255 g/mol. The molecule has 5 heteroatoms. The van der Waals surface area contributed by atoms with Gasteiger partial charge in [-0.3, -0.25) is 0 Å². The minimum absolute atomic E-state index is 0.498. The van der Waals surface area contributed by atoms with Gasteiger partial charge in [0.2, 0.25) is 10.0 Å². The molecule has 4 nitrogen and oxygen atoms in total. The lowest BCUT2D eigenvalue weighted by Crippen LogP contribution is -2.37. The van der Waals surface area contributed by atoms with Gasteiger partial charge in [-0.1, -0.05) is 24.3 Å². The first-order valence-corrected chi connectivity index (χ1v) is 7.23. The first-order valence-electron chi connectivity index (χ1n) is 5.69. The lowest BCUT2D eigenvalue weighted by molar-refractivity contribution is 0.151. The number of nitrogens with one attached hydrogen (secondary N) is 1. The van der Waals surface area contributed by atoms with Crippen LogP contribution in [-0.4, -0.2) is 24.9 Å². The standard InChI is InChI=1S/C12H17NO3S/c1-8(2)17(15,16)13-12-10-6-4-3-5-9(10)7-11(12)14/h3-6,8,11-14H,7H2,1-2H3. The fourth-order valence-electron chi connectivity index (χ4n) is 2.03. The van der Waals surface area contributed by atoms with Gasteiger partial charge in [-0.2, -0.15) is 0 Å². The van der Waals surface area contributed by atoms with Crippen molar-refractivity contribution in [2.24, 2.45) is 0 Å². The van der Waals surface area contributed by atoms with Crippen molar-refractivity contribution in [3.63, 3.8) is 0 Å². The molecule has 0 amide bonds. The maximum Gasteiger partial charge on any atom is 0.214 e. The summed E-state index contributed by atoms with van der Waals surface area (Å²) < 4.78 is 26.2. The zero-order chi connectivity index (χ0) is 12.6. The SMILES string of the molecule is CC(C)S(=O)(=O)NC1c2ccccc2CC1O. The van der Waals surface area contributed by atoms with Crippen LogP contribution in [0.3, 0.4) is 0 Å².